The molecule has 1 saturated heterocycles. The summed E-state index contributed by atoms with van der Waals surface area (Å²) in [4.78, 5) is 31.4. The molecule has 0 aromatic carbocycles. The Morgan fingerprint density at radius 2 is 2.12 bits per heavy atom. The highest BCUT2D eigenvalue weighted by molar-refractivity contribution is 5.84. The van der Waals surface area contributed by atoms with Crippen molar-refractivity contribution in [3.63, 3.8) is 0 Å². The first kappa shape index (κ1) is 16.6. The van der Waals surface area contributed by atoms with Gasteiger partial charge in [0.1, 0.15) is 6.04 Å². The number of carbonyl (C=O) groups excluding carboxylic acids is 2. The number of fused-ring (bicyclic) bond motifs is 1. The molecule has 136 valence electrons. The van der Waals surface area contributed by atoms with Gasteiger partial charge in [-0.3, -0.25) is 9.59 Å². The first-order valence-electron chi connectivity index (χ1n) is 9.28. The van der Waals surface area contributed by atoms with Gasteiger partial charge in [-0.1, -0.05) is 6.92 Å². The van der Waals surface area contributed by atoms with Crippen molar-refractivity contribution in [1.82, 2.24) is 19.8 Å². The van der Waals surface area contributed by atoms with E-state index < -0.39 is 0 Å². The first-order valence-corrected chi connectivity index (χ1v) is 9.28. The molecule has 0 radical (unpaired) electrons. The zero-order chi connectivity index (χ0) is 17.4. The van der Waals surface area contributed by atoms with E-state index in [2.05, 4.69) is 17.2 Å². The summed E-state index contributed by atoms with van der Waals surface area (Å²) in [6, 6.07) is -0.385. The minimum Gasteiger partial charge on any atom is -0.381 e. The lowest BCUT2D eigenvalue weighted by atomic mass is 10.0. The number of amides is 2. The highest BCUT2D eigenvalue weighted by Gasteiger charge is 2.43. The maximum Gasteiger partial charge on any atom is 0.244 e. The molecule has 2 amide bonds. The van der Waals surface area contributed by atoms with Crippen LogP contribution in [-0.2, 0) is 20.9 Å². The quantitative estimate of drug-likeness (QED) is 0.881. The molecular weight excluding hydrogens is 320 g/mol. The van der Waals surface area contributed by atoms with Crippen molar-refractivity contribution < 1.29 is 14.3 Å². The predicted molar refractivity (Wildman–Crippen MR) is 90.5 cm³/mol. The second kappa shape index (κ2) is 6.78. The van der Waals surface area contributed by atoms with Gasteiger partial charge in [-0.15, -0.1) is 0 Å². The Balaban J connectivity index is 1.42. The standard InChI is InChI=1S/C18H26N4O3/c1-12-6-15(12)18(24)21-9-14-8-19-11-22(14)16(10-21)17(23)20-7-13-2-4-25-5-3-13/h8,11-13,15-16H,2-7,9-10H2,1H3,(H,20,23)/t12-,15+,16+/m1/s1. The molecule has 4 rings (SSSR count). The van der Waals surface area contributed by atoms with Gasteiger partial charge in [0.25, 0.3) is 0 Å². The third-order valence-electron chi connectivity index (χ3n) is 5.78. The average Bonchev–Trinajstić information content (AvgIpc) is 3.17. The Kier molecular flexibility index (Phi) is 4.50. The van der Waals surface area contributed by atoms with E-state index in [9.17, 15) is 9.59 Å². The molecule has 0 bridgehead atoms. The van der Waals surface area contributed by atoms with Crippen LogP contribution in [0.4, 0.5) is 0 Å². The molecule has 25 heavy (non-hydrogen) atoms. The van der Waals surface area contributed by atoms with Crippen LogP contribution < -0.4 is 5.32 Å². The van der Waals surface area contributed by atoms with Crippen LogP contribution in [0.25, 0.3) is 0 Å². The van der Waals surface area contributed by atoms with Crippen LogP contribution in [0.2, 0.25) is 0 Å². The average molecular weight is 346 g/mol. The number of carbonyl (C=O) groups is 2. The van der Waals surface area contributed by atoms with Crippen molar-refractivity contribution >= 4 is 11.8 Å². The molecule has 0 spiro atoms. The Labute approximate surface area is 147 Å². The predicted octanol–water partition coefficient (Wildman–Crippen LogP) is 0.965. The highest BCUT2D eigenvalue weighted by Crippen LogP contribution is 2.40. The summed E-state index contributed by atoms with van der Waals surface area (Å²) in [5.41, 5.74) is 0.930. The van der Waals surface area contributed by atoms with E-state index in [1.807, 2.05) is 9.47 Å². The number of nitrogens with zero attached hydrogens (tertiary/aromatic N) is 3. The van der Waals surface area contributed by atoms with E-state index in [1.54, 1.807) is 12.5 Å². The van der Waals surface area contributed by atoms with E-state index in [4.69, 9.17) is 4.74 Å². The normalized spacial score (nSPS) is 29.2. The van der Waals surface area contributed by atoms with Crippen LogP contribution in [0.1, 0.15) is 37.9 Å². The molecule has 2 aliphatic heterocycles. The van der Waals surface area contributed by atoms with Crippen LogP contribution in [0, 0.1) is 17.8 Å². The van der Waals surface area contributed by atoms with Gasteiger partial charge in [-0.2, -0.15) is 0 Å². The number of hydrogen-bond donors (Lipinski definition) is 1. The SMILES string of the molecule is C[C@@H]1C[C@@H]1C(=O)N1Cc2cncn2[C@H](C(=O)NCC2CCOCC2)C1. The van der Waals surface area contributed by atoms with Crippen molar-refractivity contribution in [2.75, 3.05) is 26.3 Å². The minimum absolute atomic E-state index is 0.0212. The summed E-state index contributed by atoms with van der Waals surface area (Å²) in [5, 5.41) is 3.08. The lowest BCUT2D eigenvalue weighted by Crippen LogP contribution is -2.47. The van der Waals surface area contributed by atoms with Crippen LogP contribution in [-0.4, -0.2) is 52.6 Å². The molecule has 1 aromatic heterocycles. The van der Waals surface area contributed by atoms with Gasteiger partial charge < -0.3 is 19.5 Å². The van der Waals surface area contributed by atoms with E-state index in [-0.39, 0.29) is 23.8 Å². The number of aromatic nitrogens is 2. The lowest BCUT2D eigenvalue weighted by molar-refractivity contribution is -0.136. The number of hydrogen-bond acceptors (Lipinski definition) is 4. The molecule has 1 N–H and O–H groups in total. The molecular formula is C18H26N4O3. The summed E-state index contributed by atoms with van der Waals surface area (Å²) in [6.45, 7) is 5.32. The van der Waals surface area contributed by atoms with Crippen molar-refractivity contribution in [2.24, 2.45) is 17.8 Å². The van der Waals surface area contributed by atoms with Gasteiger partial charge in [0.2, 0.25) is 11.8 Å². The molecule has 2 fully saturated rings. The maximum absolute atomic E-state index is 12.8. The summed E-state index contributed by atoms with van der Waals surface area (Å²) < 4.78 is 7.28. The zero-order valence-corrected chi connectivity index (χ0v) is 14.7. The fraction of sp³-hybridized carbons (Fsp3) is 0.722. The van der Waals surface area contributed by atoms with E-state index in [1.165, 1.54) is 0 Å². The molecule has 1 aliphatic carbocycles. The third kappa shape index (κ3) is 3.42. The highest BCUT2D eigenvalue weighted by atomic mass is 16.5. The Morgan fingerprint density at radius 1 is 1.36 bits per heavy atom. The Hall–Kier alpha value is -1.89. The fourth-order valence-electron chi connectivity index (χ4n) is 3.88. The van der Waals surface area contributed by atoms with Gasteiger partial charge in [0.15, 0.2) is 0 Å². The molecule has 3 heterocycles. The first-order chi connectivity index (χ1) is 12.1. The van der Waals surface area contributed by atoms with Crippen molar-refractivity contribution in [3.8, 4) is 0 Å². The van der Waals surface area contributed by atoms with Gasteiger partial charge >= 0.3 is 0 Å². The van der Waals surface area contributed by atoms with Crippen LogP contribution >= 0.6 is 0 Å². The largest absolute Gasteiger partial charge is 0.381 e. The third-order valence-corrected chi connectivity index (χ3v) is 5.78. The Morgan fingerprint density at radius 3 is 2.84 bits per heavy atom. The summed E-state index contributed by atoms with van der Waals surface area (Å²) >= 11 is 0. The van der Waals surface area contributed by atoms with E-state index in [0.717, 1.165) is 38.2 Å². The van der Waals surface area contributed by atoms with Crippen molar-refractivity contribution in [3.05, 3.63) is 18.2 Å². The number of imidazole rings is 1. The molecule has 3 aliphatic rings. The summed E-state index contributed by atoms with van der Waals surface area (Å²) in [6.07, 6.45) is 6.41. The Bertz CT molecular complexity index is 653. The fourth-order valence-corrected chi connectivity index (χ4v) is 3.88. The monoisotopic (exact) mass is 346 g/mol. The molecule has 0 unspecified atom stereocenters. The number of nitrogens with one attached hydrogen (secondary N) is 1. The zero-order valence-electron chi connectivity index (χ0n) is 14.7. The van der Waals surface area contributed by atoms with Crippen molar-refractivity contribution in [2.45, 2.75) is 38.8 Å². The van der Waals surface area contributed by atoms with Gasteiger partial charge in [-0.05, 0) is 31.1 Å². The smallest absolute Gasteiger partial charge is 0.244 e. The summed E-state index contributed by atoms with van der Waals surface area (Å²) in [5.74, 6) is 1.25. The molecule has 7 nitrogen and oxygen atoms in total. The topological polar surface area (TPSA) is 76.5 Å². The minimum atomic E-state index is -0.385. The molecule has 1 saturated carbocycles. The van der Waals surface area contributed by atoms with Crippen LogP contribution in [0.5, 0.6) is 0 Å². The number of rotatable bonds is 4. The maximum atomic E-state index is 12.8. The van der Waals surface area contributed by atoms with Gasteiger partial charge in [0.05, 0.1) is 25.1 Å². The number of ether oxygens (including phenoxy) is 1. The second-order valence-electron chi connectivity index (χ2n) is 7.65. The van der Waals surface area contributed by atoms with Crippen LogP contribution in [0.15, 0.2) is 12.5 Å². The molecule has 1 aromatic rings. The van der Waals surface area contributed by atoms with Gasteiger partial charge in [0, 0.05) is 31.9 Å². The van der Waals surface area contributed by atoms with E-state index in [0.29, 0.717) is 31.5 Å². The van der Waals surface area contributed by atoms with E-state index >= 15 is 0 Å². The summed E-state index contributed by atoms with van der Waals surface area (Å²) in [7, 11) is 0. The lowest BCUT2D eigenvalue weighted by Gasteiger charge is -2.34. The van der Waals surface area contributed by atoms with Crippen molar-refractivity contribution in [1.29, 1.82) is 0 Å². The van der Waals surface area contributed by atoms with Gasteiger partial charge in [-0.25, -0.2) is 4.98 Å². The van der Waals surface area contributed by atoms with Crippen LogP contribution in [0.3, 0.4) is 0 Å². The molecule has 3 atom stereocenters. The second-order valence-corrected chi connectivity index (χ2v) is 7.65. The molecule has 7 heteroatoms.